The van der Waals surface area contributed by atoms with Gasteiger partial charge in [0.1, 0.15) is 11.8 Å². The quantitative estimate of drug-likeness (QED) is 0.460. The zero-order valence-electron chi connectivity index (χ0n) is 17.2. The Hall–Kier alpha value is -2.99. The van der Waals surface area contributed by atoms with Gasteiger partial charge in [0.25, 0.3) is 11.7 Å². The molecule has 1 unspecified atom stereocenters. The number of aliphatic hydroxyl groups is 1. The summed E-state index contributed by atoms with van der Waals surface area (Å²) in [5.41, 5.74) is 2.91. The second-order valence-corrected chi connectivity index (χ2v) is 7.49. The topological polar surface area (TPSA) is 79.7 Å². The van der Waals surface area contributed by atoms with Crippen molar-refractivity contribution in [2.75, 3.05) is 13.2 Å². The van der Waals surface area contributed by atoms with Gasteiger partial charge in [-0.1, -0.05) is 23.8 Å². The van der Waals surface area contributed by atoms with Gasteiger partial charge in [0.15, 0.2) is 0 Å². The van der Waals surface area contributed by atoms with Crippen LogP contribution in [0, 0.1) is 13.8 Å². The minimum Gasteiger partial charge on any atom is -0.507 e. The van der Waals surface area contributed by atoms with Crippen molar-refractivity contribution >= 4 is 17.4 Å². The normalized spacial score (nSPS) is 18.7. The van der Waals surface area contributed by atoms with Gasteiger partial charge in [-0.05, 0) is 51.5 Å². The van der Waals surface area contributed by atoms with Gasteiger partial charge in [-0.15, -0.1) is 0 Å². The Morgan fingerprint density at radius 1 is 1.21 bits per heavy atom. The van der Waals surface area contributed by atoms with Crippen LogP contribution in [-0.2, 0) is 14.3 Å². The smallest absolute Gasteiger partial charge is 0.295 e. The van der Waals surface area contributed by atoms with Gasteiger partial charge < -0.3 is 14.7 Å². The summed E-state index contributed by atoms with van der Waals surface area (Å²) >= 11 is 0. The summed E-state index contributed by atoms with van der Waals surface area (Å²) in [7, 11) is 0. The second kappa shape index (κ2) is 8.57. The van der Waals surface area contributed by atoms with E-state index >= 15 is 0 Å². The van der Waals surface area contributed by atoms with Crippen molar-refractivity contribution in [3.63, 3.8) is 0 Å². The van der Waals surface area contributed by atoms with E-state index in [1.165, 1.54) is 4.90 Å². The molecule has 0 aliphatic carbocycles. The standard InChI is InChI=1S/C23H26N2O4/c1-14(2)29-12-11-25-20(18-7-5-6-10-24-18)19(22(27)23(25)28)21(26)17-13-15(3)8-9-16(17)4/h5-10,13-14,20,26H,11-12H2,1-4H3/b21-19+. The molecule has 152 valence electrons. The van der Waals surface area contributed by atoms with Crippen molar-refractivity contribution in [1.29, 1.82) is 0 Å². The number of benzene rings is 1. The second-order valence-electron chi connectivity index (χ2n) is 7.49. The fourth-order valence-corrected chi connectivity index (χ4v) is 3.48. The first-order valence-corrected chi connectivity index (χ1v) is 9.69. The fourth-order valence-electron chi connectivity index (χ4n) is 3.48. The molecule has 1 aliphatic heterocycles. The number of ether oxygens (including phenoxy) is 1. The summed E-state index contributed by atoms with van der Waals surface area (Å²) in [6, 6.07) is 10.2. The van der Waals surface area contributed by atoms with Crippen molar-refractivity contribution in [2.24, 2.45) is 0 Å². The summed E-state index contributed by atoms with van der Waals surface area (Å²) in [6.45, 7) is 8.10. The Morgan fingerprint density at radius 2 is 1.97 bits per heavy atom. The number of likely N-dealkylation sites (tertiary alicyclic amines) is 1. The van der Waals surface area contributed by atoms with Crippen LogP contribution in [0.1, 0.15) is 42.3 Å². The molecule has 2 heterocycles. The molecule has 1 fully saturated rings. The first-order valence-electron chi connectivity index (χ1n) is 9.69. The Balaban J connectivity index is 2.12. The summed E-state index contributed by atoms with van der Waals surface area (Å²) in [4.78, 5) is 31.5. The van der Waals surface area contributed by atoms with Crippen molar-refractivity contribution in [3.05, 3.63) is 70.6 Å². The fraction of sp³-hybridized carbons (Fsp3) is 0.348. The minimum absolute atomic E-state index is 0.00932. The van der Waals surface area contributed by atoms with Gasteiger partial charge in [0, 0.05) is 18.3 Å². The number of Topliss-reactive ketones (excluding diaryl/α,β-unsaturated/α-hetero) is 1. The van der Waals surface area contributed by atoms with Crippen LogP contribution in [0.3, 0.4) is 0 Å². The van der Waals surface area contributed by atoms with E-state index in [0.717, 1.165) is 11.1 Å². The van der Waals surface area contributed by atoms with Gasteiger partial charge in [0.05, 0.1) is 24.0 Å². The molecule has 1 aromatic carbocycles. The van der Waals surface area contributed by atoms with Gasteiger partial charge >= 0.3 is 0 Å². The molecule has 3 rings (SSSR count). The highest BCUT2D eigenvalue weighted by atomic mass is 16.5. The lowest BCUT2D eigenvalue weighted by Gasteiger charge is -2.25. The Morgan fingerprint density at radius 3 is 2.62 bits per heavy atom. The van der Waals surface area contributed by atoms with Crippen molar-refractivity contribution in [1.82, 2.24) is 9.88 Å². The molecule has 6 heteroatoms. The predicted octanol–water partition coefficient (Wildman–Crippen LogP) is 3.55. The molecule has 1 amide bonds. The number of hydrogen-bond donors (Lipinski definition) is 1. The van der Waals surface area contributed by atoms with E-state index in [2.05, 4.69) is 4.98 Å². The Kier molecular flexibility index (Phi) is 6.13. The third-order valence-electron chi connectivity index (χ3n) is 4.94. The number of pyridine rings is 1. The van der Waals surface area contributed by atoms with E-state index < -0.39 is 17.7 Å². The third-order valence-corrected chi connectivity index (χ3v) is 4.94. The molecule has 1 aliphatic rings. The predicted molar refractivity (Wildman–Crippen MR) is 110 cm³/mol. The Bertz CT molecular complexity index is 951. The van der Waals surface area contributed by atoms with Crippen LogP contribution in [0.4, 0.5) is 0 Å². The number of amides is 1. The maximum atomic E-state index is 12.9. The van der Waals surface area contributed by atoms with Crippen molar-refractivity contribution in [3.8, 4) is 0 Å². The summed E-state index contributed by atoms with van der Waals surface area (Å²) in [6.07, 6.45) is 1.62. The van der Waals surface area contributed by atoms with Crippen LogP contribution < -0.4 is 0 Å². The lowest BCUT2D eigenvalue weighted by Crippen LogP contribution is -2.33. The average molecular weight is 394 g/mol. The lowest BCUT2D eigenvalue weighted by molar-refractivity contribution is -0.140. The van der Waals surface area contributed by atoms with E-state index in [9.17, 15) is 14.7 Å². The zero-order chi connectivity index (χ0) is 21.1. The number of ketones is 1. The van der Waals surface area contributed by atoms with E-state index in [-0.39, 0.29) is 30.6 Å². The van der Waals surface area contributed by atoms with E-state index in [0.29, 0.717) is 11.3 Å². The highest BCUT2D eigenvalue weighted by molar-refractivity contribution is 6.46. The maximum Gasteiger partial charge on any atom is 0.295 e. The number of rotatable bonds is 6. The summed E-state index contributed by atoms with van der Waals surface area (Å²) in [5.74, 6) is -1.53. The monoisotopic (exact) mass is 394 g/mol. The molecule has 29 heavy (non-hydrogen) atoms. The molecule has 1 N–H and O–H groups in total. The molecular formula is C23H26N2O4. The Labute approximate surface area is 170 Å². The number of carbonyl (C=O) groups excluding carboxylic acids is 2. The number of carbonyl (C=O) groups is 2. The number of nitrogens with zero attached hydrogens (tertiary/aromatic N) is 2. The maximum absolute atomic E-state index is 12.9. The number of aliphatic hydroxyl groups excluding tert-OH is 1. The van der Waals surface area contributed by atoms with Crippen molar-refractivity contribution in [2.45, 2.75) is 39.8 Å². The van der Waals surface area contributed by atoms with Gasteiger partial charge in [0.2, 0.25) is 0 Å². The summed E-state index contributed by atoms with van der Waals surface area (Å²) < 4.78 is 5.58. The van der Waals surface area contributed by atoms with Crippen molar-refractivity contribution < 1.29 is 19.4 Å². The first kappa shape index (κ1) is 20.7. The van der Waals surface area contributed by atoms with E-state index in [1.54, 1.807) is 24.4 Å². The van der Waals surface area contributed by atoms with Crippen LogP contribution in [0.15, 0.2) is 48.2 Å². The molecule has 1 saturated heterocycles. The van der Waals surface area contributed by atoms with Crippen LogP contribution in [-0.4, -0.2) is 45.9 Å². The molecule has 2 aromatic rings. The SMILES string of the molecule is Cc1ccc(C)c(/C(O)=C2\C(=O)C(=O)N(CCOC(C)C)C2c2ccccn2)c1. The highest BCUT2D eigenvalue weighted by Gasteiger charge is 2.46. The zero-order valence-corrected chi connectivity index (χ0v) is 17.2. The highest BCUT2D eigenvalue weighted by Crippen LogP contribution is 2.39. The van der Waals surface area contributed by atoms with Gasteiger partial charge in [-0.25, -0.2) is 0 Å². The number of aromatic nitrogens is 1. The molecule has 0 spiro atoms. The van der Waals surface area contributed by atoms with Crippen LogP contribution >= 0.6 is 0 Å². The average Bonchev–Trinajstić information content (AvgIpc) is 2.94. The lowest BCUT2D eigenvalue weighted by atomic mass is 9.95. The van der Waals surface area contributed by atoms with E-state index in [1.807, 2.05) is 45.9 Å². The van der Waals surface area contributed by atoms with Crippen LogP contribution in [0.5, 0.6) is 0 Å². The summed E-state index contributed by atoms with van der Waals surface area (Å²) in [5, 5.41) is 11.1. The number of hydrogen-bond acceptors (Lipinski definition) is 5. The first-order chi connectivity index (χ1) is 13.8. The minimum atomic E-state index is -0.758. The molecule has 6 nitrogen and oxygen atoms in total. The molecule has 1 aromatic heterocycles. The molecule has 0 radical (unpaired) electrons. The van der Waals surface area contributed by atoms with Crippen LogP contribution in [0.25, 0.3) is 5.76 Å². The van der Waals surface area contributed by atoms with E-state index in [4.69, 9.17) is 4.74 Å². The van der Waals surface area contributed by atoms with Gasteiger partial charge in [-0.2, -0.15) is 0 Å². The van der Waals surface area contributed by atoms with Gasteiger partial charge in [-0.3, -0.25) is 14.6 Å². The molecule has 0 bridgehead atoms. The number of aryl methyl sites for hydroxylation is 2. The van der Waals surface area contributed by atoms with Crippen LogP contribution in [0.2, 0.25) is 0 Å². The molecular weight excluding hydrogens is 368 g/mol. The molecule has 0 saturated carbocycles. The third kappa shape index (κ3) is 4.22. The molecule has 1 atom stereocenters. The largest absolute Gasteiger partial charge is 0.507 e.